The minimum absolute atomic E-state index is 0.126. The third kappa shape index (κ3) is 4.86. The Kier molecular flexibility index (Phi) is 5.75. The van der Waals surface area contributed by atoms with Gasteiger partial charge in [-0.1, -0.05) is 12.5 Å². The van der Waals surface area contributed by atoms with Gasteiger partial charge in [-0.05, 0) is 63.0 Å². The van der Waals surface area contributed by atoms with Gasteiger partial charge in [0.25, 0.3) is 0 Å². The molecule has 5 nitrogen and oxygen atoms in total. The number of ether oxygens (including phenoxy) is 2. The number of carbonyl (C=O) groups excluding carboxylic acids is 1. The molecule has 0 saturated carbocycles. The maximum absolute atomic E-state index is 11.9. The maximum Gasteiger partial charge on any atom is 0.231 e. The lowest BCUT2D eigenvalue weighted by molar-refractivity contribution is -0.121. The molecular weight excluding hydrogens is 292 g/mol. The Labute approximate surface area is 137 Å². The lowest BCUT2D eigenvalue weighted by Crippen LogP contribution is -2.33. The molecule has 5 heteroatoms. The minimum Gasteiger partial charge on any atom is -0.454 e. The van der Waals surface area contributed by atoms with Crippen LogP contribution in [0.2, 0.25) is 0 Å². The molecule has 0 bridgehead atoms. The number of rotatable bonds is 7. The molecule has 1 aromatic rings. The molecule has 23 heavy (non-hydrogen) atoms. The molecule has 1 N–H and O–H groups in total. The third-order valence-corrected chi connectivity index (χ3v) is 4.50. The molecule has 0 spiro atoms. The van der Waals surface area contributed by atoms with Crippen LogP contribution in [0.1, 0.15) is 37.7 Å². The number of carbonyl (C=O) groups is 1. The summed E-state index contributed by atoms with van der Waals surface area (Å²) in [5, 5.41) is 3.02. The predicted octanol–water partition coefficient (Wildman–Crippen LogP) is 2.34. The van der Waals surface area contributed by atoms with Crippen LogP contribution in [0.5, 0.6) is 11.5 Å². The van der Waals surface area contributed by atoms with Gasteiger partial charge in [0.15, 0.2) is 11.5 Å². The molecule has 1 aromatic carbocycles. The summed E-state index contributed by atoms with van der Waals surface area (Å²) in [5.74, 6) is 1.70. The first-order chi connectivity index (χ1) is 11.3. The molecule has 126 valence electrons. The van der Waals surface area contributed by atoms with Gasteiger partial charge in [-0.2, -0.15) is 0 Å². The smallest absolute Gasteiger partial charge is 0.231 e. The summed E-state index contributed by atoms with van der Waals surface area (Å²) in [5.41, 5.74) is 1.11. The molecule has 2 heterocycles. The number of likely N-dealkylation sites (tertiary alicyclic amines) is 1. The highest BCUT2D eigenvalue weighted by Crippen LogP contribution is 2.32. The van der Waals surface area contributed by atoms with Gasteiger partial charge in [-0.15, -0.1) is 0 Å². The molecule has 2 aliphatic heterocycles. The van der Waals surface area contributed by atoms with Gasteiger partial charge >= 0.3 is 0 Å². The normalized spacial score (nSPS) is 17.2. The van der Waals surface area contributed by atoms with Gasteiger partial charge in [0.1, 0.15) is 0 Å². The van der Waals surface area contributed by atoms with Gasteiger partial charge in [0.05, 0.1) is 0 Å². The van der Waals surface area contributed by atoms with Gasteiger partial charge in [0.2, 0.25) is 12.7 Å². The lowest BCUT2D eigenvalue weighted by atomic mass is 10.1. The Hall–Kier alpha value is -1.75. The van der Waals surface area contributed by atoms with E-state index in [0.29, 0.717) is 6.42 Å². The van der Waals surface area contributed by atoms with Crippen LogP contribution in [-0.4, -0.2) is 43.8 Å². The Balaban J connectivity index is 1.30. The molecule has 1 amide bonds. The summed E-state index contributed by atoms with van der Waals surface area (Å²) in [6.45, 7) is 4.60. The fourth-order valence-electron chi connectivity index (χ4n) is 3.16. The molecule has 3 rings (SSSR count). The van der Waals surface area contributed by atoms with Gasteiger partial charge in [0, 0.05) is 13.0 Å². The predicted molar refractivity (Wildman–Crippen MR) is 88.8 cm³/mol. The number of amides is 1. The molecule has 0 aromatic heterocycles. The second-order valence-electron chi connectivity index (χ2n) is 6.29. The van der Waals surface area contributed by atoms with Crippen molar-refractivity contribution in [2.75, 3.05) is 33.0 Å². The van der Waals surface area contributed by atoms with Crippen molar-refractivity contribution in [3.05, 3.63) is 23.8 Å². The number of hydrogen-bond donors (Lipinski definition) is 1. The number of benzene rings is 1. The number of aryl methyl sites for hydroxylation is 1. The average molecular weight is 318 g/mol. The fraction of sp³-hybridized carbons (Fsp3) is 0.611. The summed E-state index contributed by atoms with van der Waals surface area (Å²) in [7, 11) is 0. The number of nitrogens with one attached hydrogen (secondary N) is 1. The van der Waals surface area contributed by atoms with E-state index in [-0.39, 0.29) is 12.7 Å². The zero-order valence-corrected chi connectivity index (χ0v) is 13.7. The molecule has 0 unspecified atom stereocenters. The summed E-state index contributed by atoms with van der Waals surface area (Å²) < 4.78 is 10.6. The van der Waals surface area contributed by atoms with Gasteiger partial charge < -0.3 is 19.7 Å². The number of nitrogens with zero attached hydrogens (tertiary/aromatic N) is 1. The molecular formula is C18H26N2O3. The van der Waals surface area contributed by atoms with Crippen LogP contribution in [-0.2, 0) is 11.2 Å². The molecule has 0 radical (unpaired) electrons. The molecule has 1 saturated heterocycles. The zero-order valence-electron chi connectivity index (χ0n) is 13.7. The largest absolute Gasteiger partial charge is 0.454 e. The summed E-state index contributed by atoms with van der Waals surface area (Å²) >= 11 is 0. The van der Waals surface area contributed by atoms with Crippen LogP contribution in [0.4, 0.5) is 0 Å². The Morgan fingerprint density at radius 2 is 1.96 bits per heavy atom. The number of hydrogen-bond acceptors (Lipinski definition) is 4. The molecule has 0 aliphatic carbocycles. The highest BCUT2D eigenvalue weighted by atomic mass is 16.7. The second kappa shape index (κ2) is 8.20. The Morgan fingerprint density at radius 3 is 2.83 bits per heavy atom. The van der Waals surface area contributed by atoms with Crippen LogP contribution < -0.4 is 14.8 Å². The number of fused-ring (bicyclic) bond motifs is 1. The van der Waals surface area contributed by atoms with E-state index in [4.69, 9.17) is 9.47 Å². The van der Waals surface area contributed by atoms with Gasteiger partial charge in [-0.25, -0.2) is 0 Å². The molecule has 1 fully saturated rings. The fourth-order valence-corrected chi connectivity index (χ4v) is 3.16. The van der Waals surface area contributed by atoms with E-state index in [9.17, 15) is 4.79 Å². The summed E-state index contributed by atoms with van der Waals surface area (Å²) in [4.78, 5) is 14.4. The Morgan fingerprint density at radius 1 is 1.13 bits per heavy atom. The lowest BCUT2D eigenvalue weighted by Gasteiger charge is -2.26. The first-order valence-electron chi connectivity index (χ1n) is 8.69. The van der Waals surface area contributed by atoms with Crippen molar-refractivity contribution in [3.8, 4) is 11.5 Å². The first-order valence-corrected chi connectivity index (χ1v) is 8.69. The van der Waals surface area contributed by atoms with Crippen LogP contribution in [0, 0.1) is 0 Å². The van der Waals surface area contributed by atoms with E-state index in [1.54, 1.807) is 0 Å². The van der Waals surface area contributed by atoms with Crippen LogP contribution in [0.25, 0.3) is 0 Å². The quantitative estimate of drug-likeness (QED) is 0.784. The SMILES string of the molecule is O=C(CCc1ccc2c(c1)OCO2)NCCCN1CCCCC1. The highest BCUT2D eigenvalue weighted by molar-refractivity contribution is 5.76. The van der Waals surface area contributed by atoms with Gasteiger partial charge in [-0.3, -0.25) is 4.79 Å². The average Bonchev–Trinajstić information content (AvgIpc) is 3.05. The minimum atomic E-state index is 0.126. The third-order valence-electron chi connectivity index (χ3n) is 4.50. The second-order valence-corrected chi connectivity index (χ2v) is 6.29. The van der Waals surface area contributed by atoms with Crippen molar-refractivity contribution in [2.45, 2.75) is 38.5 Å². The van der Waals surface area contributed by atoms with Crippen LogP contribution in [0.15, 0.2) is 18.2 Å². The highest BCUT2D eigenvalue weighted by Gasteiger charge is 2.13. The first kappa shape index (κ1) is 16.1. The molecule has 2 aliphatic rings. The van der Waals surface area contributed by atoms with E-state index in [2.05, 4.69) is 10.2 Å². The van der Waals surface area contributed by atoms with Crippen LogP contribution in [0.3, 0.4) is 0 Å². The van der Waals surface area contributed by atoms with Crippen molar-refractivity contribution in [1.82, 2.24) is 10.2 Å². The maximum atomic E-state index is 11.9. The standard InChI is InChI=1S/C18H26N2O3/c21-18(19-9-4-12-20-10-2-1-3-11-20)8-6-15-5-7-16-17(13-15)23-14-22-16/h5,7,13H,1-4,6,8-12,14H2,(H,19,21). The van der Waals surface area contributed by atoms with E-state index >= 15 is 0 Å². The van der Waals surface area contributed by atoms with Crippen LogP contribution >= 0.6 is 0 Å². The van der Waals surface area contributed by atoms with E-state index in [0.717, 1.165) is 43.0 Å². The van der Waals surface area contributed by atoms with Crippen molar-refractivity contribution in [3.63, 3.8) is 0 Å². The summed E-state index contributed by atoms with van der Waals surface area (Å²) in [6.07, 6.45) is 6.30. The topological polar surface area (TPSA) is 50.8 Å². The number of piperidine rings is 1. The van der Waals surface area contributed by atoms with E-state index in [1.807, 2.05) is 18.2 Å². The van der Waals surface area contributed by atoms with Crippen molar-refractivity contribution < 1.29 is 14.3 Å². The van der Waals surface area contributed by atoms with Crippen molar-refractivity contribution in [2.24, 2.45) is 0 Å². The Bertz CT molecular complexity index is 527. The zero-order chi connectivity index (χ0) is 15.9. The van der Waals surface area contributed by atoms with Crippen molar-refractivity contribution >= 4 is 5.91 Å². The van der Waals surface area contributed by atoms with E-state index in [1.165, 1.54) is 32.4 Å². The monoisotopic (exact) mass is 318 g/mol. The van der Waals surface area contributed by atoms with E-state index < -0.39 is 0 Å². The summed E-state index contributed by atoms with van der Waals surface area (Å²) in [6, 6.07) is 5.87. The van der Waals surface area contributed by atoms with Crippen molar-refractivity contribution in [1.29, 1.82) is 0 Å². The molecule has 0 atom stereocenters.